The molecule has 1 aliphatic rings. The first kappa shape index (κ1) is 15.6. The molecule has 0 aliphatic carbocycles. The van der Waals surface area contributed by atoms with Gasteiger partial charge in [-0.1, -0.05) is 42.5 Å². The number of carbonyl (C=O) groups is 1. The lowest BCUT2D eigenvalue weighted by atomic mass is 10.1. The summed E-state index contributed by atoms with van der Waals surface area (Å²) in [6.07, 6.45) is 0.555. The zero-order valence-electron chi connectivity index (χ0n) is 12.3. The van der Waals surface area contributed by atoms with Crippen molar-refractivity contribution in [1.82, 2.24) is 5.32 Å². The van der Waals surface area contributed by atoms with Crippen LogP contribution in [0, 0.1) is 5.82 Å². The molecule has 1 amide bonds. The molecule has 2 N–H and O–H groups in total. The molecule has 0 fully saturated rings. The van der Waals surface area contributed by atoms with Crippen LogP contribution >= 0.6 is 11.8 Å². The van der Waals surface area contributed by atoms with Gasteiger partial charge in [-0.15, -0.1) is 11.8 Å². The van der Waals surface area contributed by atoms with Crippen LogP contribution in [0.2, 0.25) is 0 Å². The fourth-order valence-electron chi connectivity index (χ4n) is 2.44. The van der Waals surface area contributed by atoms with Gasteiger partial charge in [0.1, 0.15) is 16.5 Å². The summed E-state index contributed by atoms with van der Waals surface area (Å²) in [7, 11) is 0. The van der Waals surface area contributed by atoms with Gasteiger partial charge in [0.2, 0.25) is 0 Å². The number of benzene rings is 2. The van der Waals surface area contributed by atoms with E-state index in [9.17, 15) is 14.3 Å². The maximum Gasteiger partial charge on any atom is 0.261 e. The van der Waals surface area contributed by atoms with E-state index in [1.54, 1.807) is 12.1 Å². The summed E-state index contributed by atoms with van der Waals surface area (Å²) in [6.45, 7) is 0. The summed E-state index contributed by atoms with van der Waals surface area (Å²) >= 11 is 1.27. The highest BCUT2D eigenvalue weighted by Gasteiger charge is 2.31. The first-order chi connectivity index (χ1) is 11.1. The van der Waals surface area contributed by atoms with Crippen LogP contribution < -0.4 is 5.32 Å². The van der Waals surface area contributed by atoms with Crippen LogP contribution in [0.1, 0.15) is 11.1 Å². The SMILES string of the molecule is O=C1NC(Cc2ccccc2)C(O)=C1SCc1ccc(F)cc1. The van der Waals surface area contributed by atoms with Crippen LogP contribution in [0.3, 0.4) is 0 Å². The van der Waals surface area contributed by atoms with Crippen molar-refractivity contribution in [3.05, 3.63) is 82.2 Å². The number of nitrogens with one attached hydrogen (secondary N) is 1. The van der Waals surface area contributed by atoms with Gasteiger partial charge < -0.3 is 10.4 Å². The van der Waals surface area contributed by atoms with E-state index in [0.717, 1.165) is 11.1 Å². The molecule has 2 aromatic rings. The second kappa shape index (κ2) is 6.87. The maximum atomic E-state index is 12.9. The third kappa shape index (κ3) is 3.74. The van der Waals surface area contributed by atoms with E-state index in [1.807, 2.05) is 30.3 Å². The van der Waals surface area contributed by atoms with Crippen molar-refractivity contribution in [2.45, 2.75) is 18.2 Å². The highest BCUT2D eigenvalue weighted by Crippen LogP contribution is 2.30. The average Bonchev–Trinajstić information content (AvgIpc) is 2.82. The highest BCUT2D eigenvalue weighted by atomic mass is 32.2. The van der Waals surface area contributed by atoms with E-state index in [4.69, 9.17) is 0 Å². The normalized spacial score (nSPS) is 17.4. The van der Waals surface area contributed by atoms with E-state index >= 15 is 0 Å². The second-order valence-corrected chi connectivity index (χ2v) is 6.33. The quantitative estimate of drug-likeness (QED) is 0.882. The number of hydrogen-bond donors (Lipinski definition) is 2. The molecule has 0 aromatic heterocycles. The summed E-state index contributed by atoms with van der Waals surface area (Å²) in [5.41, 5.74) is 1.95. The number of rotatable bonds is 5. The van der Waals surface area contributed by atoms with E-state index in [2.05, 4.69) is 5.32 Å². The fourth-order valence-corrected chi connectivity index (χ4v) is 3.42. The molecule has 118 valence electrons. The molecule has 1 aliphatic heterocycles. The predicted molar refractivity (Wildman–Crippen MR) is 89.4 cm³/mol. The molecule has 3 nitrogen and oxygen atoms in total. The van der Waals surface area contributed by atoms with Gasteiger partial charge in [0.15, 0.2) is 0 Å². The Bertz CT molecular complexity index is 728. The first-order valence-electron chi connectivity index (χ1n) is 7.28. The number of hydrogen-bond acceptors (Lipinski definition) is 3. The number of aliphatic hydroxyl groups is 1. The summed E-state index contributed by atoms with van der Waals surface area (Å²) in [5, 5.41) is 13.1. The van der Waals surface area contributed by atoms with Gasteiger partial charge in [-0.3, -0.25) is 4.79 Å². The van der Waals surface area contributed by atoms with Crippen molar-refractivity contribution >= 4 is 17.7 Å². The van der Waals surface area contributed by atoms with Crippen LogP contribution in [0.5, 0.6) is 0 Å². The lowest BCUT2D eigenvalue weighted by molar-refractivity contribution is -0.116. The van der Waals surface area contributed by atoms with Gasteiger partial charge in [0.25, 0.3) is 5.91 Å². The lowest BCUT2D eigenvalue weighted by Gasteiger charge is -2.10. The number of carbonyl (C=O) groups excluding carboxylic acids is 1. The predicted octanol–water partition coefficient (Wildman–Crippen LogP) is 3.57. The Hall–Kier alpha value is -2.27. The third-order valence-electron chi connectivity index (χ3n) is 3.65. The minimum atomic E-state index is -0.388. The molecule has 1 unspecified atom stereocenters. The lowest BCUT2D eigenvalue weighted by Crippen LogP contribution is -2.30. The van der Waals surface area contributed by atoms with Crippen LogP contribution in [0.25, 0.3) is 0 Å². The zero-order valence-corrected chi connectivity index (χ0v) is 13.1. The van der Waals surface area contributed by atoms with Gasteiger partial charge in [-0.25, -0.2) is 4.39 Å². The molecule has 3 rings (SSSR count). The van der Waals surface area contributed by atoms with Crippen LogP contribution in [0.15, 0.2) is 65.3 Å². The molecule has 0 radical (unpaired) electrons. The Morgan fingerprint density at radius 1 is 1.04 bits per heavy atom. The van der Waals surface area contributed by atoms with Crippen LogP contribution in [0.4, 0.5) is 4.39 Å². The molecule has 0 saturated carbocycles. The maximum absolute atomic E-state index is 12.9. The highest BCUT2D eigenvalue weighted by molar-refractivity contribution is 8.03. The van der Waals surface area contributed by atoms with E-state index in [1.165, 1.54) is 23.9 Å². The van der Waals surface area contributed by atoms with Gasteiger partial charge in [0, 0.05) is 5.75 Å². The standard InChI is InChI=1S/C18H16FNO2S/c19-14-8-6-13(7-9-14)11-23-17-16(21)15(20-18(17)22)10-12-4-2-1-3-5-12/h1-9,15,21H,10-11H2,(H,20,22). The van der Waals surface area contributed by atoms with Crippen molar-refractivity contribution in [1.29, 1.82) is 0 Å². The first-order valence-corrected chi connectivity index (χ1v) is 8.27. The molecule has 0 spiro atoms. The Morgan fingerprint density at radius 2 is 1.74 bits per heavy atom. The topological polar surface area (TPSA) is 49.3 Å². The van der Waals surface area contributed by atoms with Gasteiger partial charge in [-0.2, -0.15) is 0 Å². The Kier molecular flexibility index (Phi) is 4.67. The molecule has 5 heteroatoms. The van der Waals surface area contributed by atoms with Crippen molar-refractivity contribution in [3.63, 3.8) is 0 Å². The largest absolute Gasteiger partial charge is 0.509 e. The Labute approximate surface area is 138 Å². The third-order valence-corrected chi connectivity index (χ3v) is 4.81. The van der Waals surface area contributed by atoms with Crippen molar-refractivity contribution in [2.75, 3.05) is 0 Å². The summed E-state index contributed by atoms with van der Waals surface area (Å²) < 4.78 is 12.9. The molecule has 1 atom stereocenters. The zero-order chi connectivity index (χ0) is 16.2. The molecule has 1 heterocycles. The smallest absolute Gasteiger partial charge is 0.261 e. The summed E-state index contributed by atoms with van der Waals surface area (Å²) in [6, 6.07) is 15.4. The number of thioether (sulfide) groups is 1. The van der Waals surface area contributed by atoms with E-state index in [-0.39, 0.29) is 23.5 Å². The second-order valence-electron chi connectivity index (χ2n) is 5.35. The van der Waals surface area contributed by atoms with Crippen molar-refractivity contribution in [3.8, 4) is 0 Å². The summed E-state index contributed by atoms with van der Waals surface area (Å²) in [5.74, 6) is 0.0503. The van der Waals surface area contributed by atoms with Crippen molar-refractivity contribution in [2.24, 2.45) is 0 Å². The monoisotopic (exact) mass is 329 g/mol. The Balaban J connectivity index is 1.67. The molecule has 2 aromatic carbocycles. The number of halogens is 1. The van der Waals surface area contributed by atoms with Gasteiger partial charge >= 0.3 is 0 Å². The molecule has 0 bridgehead atoms. The minimum Gasteiger partial charge on any atom is -0.509 e. The van der Waals surface area contributed by atoms with Crippen LogP contribution in [-0.4, -0.2) is 17.1 Å². The molecule has 0 saturated heterocycles. The van der Waals surface area contributed by atoms with Crippen molar-refractivity contribution < 1.29 is 14.3 Å². The minimum absolute atomic E-state index is 0.0889. The van der Waals surface area contributed by atoms with Crippen LogP contribution in [-0.2, 0) is 17.0 Å². The molecule has 23 heavy (non-hydrogen) atoms. The number of aliphatic hydroxyl groups excluding tert-OH is 1. The average molecular weight is 329 g/mol. The summed E-state index contributed by atoms with van der Waals surface area (Å²) in [4.78, 5) is 12.4. The number of amides is 1. The van der Waals surface area contributed by atoms with E-state index < -0.39 is 0 Å². The van der Waals surface area contributed by atoms with Gasteiger partial charge in [0.05, 0.1) is 6.04 Å². The van der Waals surface area contributed by atoms with Gasteiger partial charge in [-0.05, 0) is 29.7 Å². The molecular formula is C18H16FNO2S. The Morgan fingerprint density at radius 3 is 2.43 bits per heavy atom. The molecular weight excluding hydrogens is 313 g/mol. The fraction of sp³-hybridized carbons (Fsp3) is 0.167. The van der Waals surface area contributed by atoms with E-state index in [0.29, 0.717) is 17.1 Å².